The summed E-state index contributed by atoms with van der Waals surface area (Å²) >= 11 is 0. The number of carbonyl (C=O) groups excluding carboxylic acids is 1. The van der Waals surface area contributed by atoms with Crippen LogP contribution in [0.15, 0.2) is 0 Å². The highest BCUT2D eigenvalue weighted by molar-refractivity contribution is 5.79. The number of carbonyl (C=O) groups is 1. The first-order chi connectivity index (χ1) is 9.53. The van der Waals surface area contributed by atoms with Crippen LogP contribution in [0.2, 0.25) is 0 Å². The Morgan fingerprint density at radius 2 is 1.90 bits per heavy atom. The van der Waals surface area contributed by atoms with Gasteiger partial charge in [0.05, 0.1) is 0 Å². The van der Waals surface area contributed by atoms with Crippen molar-refractivity contribution in [2.24, 2.45) is 34.8 Å². The fraction of sp³-hybridized carbons (Fsp3) is 0.944. The highest BCUT2D eigenvalue weighted by Crippen LogP contribution is 2.63. The molecule has 0 saturated heterocycles. The summed E-state index contributed by atoms with van der Waals surface area (Å²) in [6.07, 6.45) is 12.1. The Balaban J connectivity index is 1.64. The molecule has 0 amide bonds. The van der Waals surface area contributed by atoms with Crippen LogP contribution in [0.25, 0.3) is 0 Å². The minimum absolute atomic E-state index is 0.175. The second-order valence-electron chi connectivity index (χ2n) is 8.56. The number of hydrogen-bond acceptors (Lipinski definition) is 2. The summed E-state index contributed by atoms with van der Waals surface area (Å²) in [7, 11) is 0. The van der Waals surface area contributed by atoms with Gasteiger partial charge in [0.15, 0.2) is 0 Å². The van der Waals surface area contributed by atoms with Gasteiger partial charge >= 0.3 is 0 Å². The van der Waals surface area contributed by atoms with Gasteiger partial charge in [0.25, 0.3) is 0 Å². The second-order valence-corrected chi connectivity index (χ2v) is 8.56. The molecule has 20 heavy (non-hydrogen) atoms. The van der Waals surface area contributed by atoms with E-state index in [4.69, 9.17) is 5.73 Å². The summed E-state index contributed by atoms with van der Waals surface area (Å²) in [5, 5.41) is 0. The number of Topliss-reactive ketones (excluding diaryl/α,β-unsaturated/α-hetero) is 1. The Morgan fingerprint density at radius 3 is 2.75 bits per heavy atom. The lowest BCUT2D eigenvalue weighted by Gasteiger charge is -2.59. The van der Waals surface area contributed by atoms with Crippen molar-refractivity contribution in [3.05, 3.63) is 0 Å². The highest BCUT2D eigenvalue weighted by Gasteiger charge is 2.58. The smallest absolute Gasteiger partial charge is 0.133 e. The largest absolute Gasteiger partial charge is 0.325 e. The number of rotatable bonds is 0. The molecule has 2 nitrogen and oxygen atoms in total. The molecule has 4 aliphatic rings. The molecule has 0 spiro atoms. The number of fused-ring (bicyclic) bond motifs is 5. The standard InChI is InChI=1S/C18H29NO/c1-17-9-6-13(20)11-12(17)4-5-14-15(17)7-10-18(19)8-2-3-16(14)18/h12,14-16H,2-11,19H2,1H3/t12?,14-,15+,16+,17+,18-/m1/s1. The zero-order valence-corrected chi connectivity index (χ0v) is 12.9. The molecule has 0 radical (unpaired) electrons. The van der Waals surface area contributed by atoms with Crippen LogP contribution in [0.1, 0.15) is 71.1 Å². The maximum atomic E-state index is 11.8. The highest BCUT2D eigenvalue weighted by atomic mass is 16.1. The molecule has 4 rings (SSSR count). The van der Waals surface area contributed by atoms with Crippen molar-refractivity contribution in [2.45, 2.75) is 76.7 Å². The minimum Gasteiger partial charge on any atom is -0.325 e. The van der Waals surface area contributed by atoms with Crippen molar-refractivity contribution in [2.75, 3.05) is 0 Å². The van der Waals surface area contributed by atoms with Crippen LogP contribution >= 0.6 is 0 Å². The summed E-state index contributed by atoms with van der Waals surface area (Å²) in [4.78, 5) is 11.8. The van der Waals surface area contributed by atoms with Crippen molar-refractivity contribution in [1.29, 1.82) is 0 Å². The van der Waals surface area contributed by atoms with Crippen molar-refractivity contribution in [1.82, 2.24) is 0 Å². The van der Waals surface area contributed by atoms with Gasteiger partial charge in [0, 0.05) is 18.4 Å². The summed E-state index contributed by atoms with van der Waals surface area (Å²) in [5.41, 5.74) is 7.37. The second kappa shape index (κ2) is 4.32. The normalized spacial score (nSPS) is 55.0. The molecule has 0 aromatic heterocycles. The molecule has 0 bridgehead atoms. The van der Waals surface area contributed by atoms with Crippen LogP contribution in [-0.4, -0.2) is 11.3 Å². The fourth-order valence-electron chi connectivity index (χ4n) is 6.75. The molecular weight excluding hydrogens is 246 g/mol. The Labute approximate surface area is 122 Å². The first-order valence-corrected chi connectivity index (χ1v) is 8.83. The van der Waals surface area contributed by atoms with Gasteiger partial charge in [-0.15, -0.1) is 0 Å². The average Bonchev–Trinajstić information content (AvgIpc) is 2.81. The molecule has 1 unspecified atom stereocenters. The summed E-state index contributed by atoms with van der Waals surface area (Å²) in [6, 6.07) is 0. The lowest BCUT2D eigenvalue weighted by Crippen LogP contribution is -2.58. The Hall–Kier alpha value is -0.370. The zero-order chi connectivity index (χ0) is 14.0. The van der Waals surface area contributed by atoms with E-state index in [1.165, 1.54) is 44.9 Å². The monoisotopic (exact) mass is 275 g/mol. The van der Waals surface area contributed by atoms with Gasteiger partial charge < -0.3 is 5.73 Å². The topological polar surface area (TPSA) is 43.1 Å². The fourth-order valence-corrected chi connectivity index (χ4v) is 6.75. The quantitative estimate of drug-likeness (QED) is 0.733. The molecule has 0 aromatic rings. The van der Waals surface area contributed by atoms with E-state index < -0.39 is 0 Å². The van der Waals surface area contributed by atoms with E-state index in [0.717, 1.165) is 37.0 Å². The first kappa shape index (κ1) is 13.3. The summed E-state index contributed by atoms with van der Waals surface area (Å²) in [5.74, 6) is 3.71. The van der Waals surface area contributed by atoms with E-state index in [0.29, 0.717) is 17.1 Å². The van der Waals surface area contributed by atoms with Crippen LogP contribution in [0.4, 0.5) is 0 Å². The predicted molar refractivity (Wildman–Crippen MR) is 80.2 cm³/mol. The van der Waals surface area contributed by atoms with Gasteiger partial charge in [-0.1, -0.05) is 13.3 Å². The van der Waals surface area contributed by atoms with Gasteiger partial charge in [0.2, 0.25) is 0 Å². The number of hydrogen-bond donors (Lipinski definition) is 1. The Kier molecular flexibility index (Phi) is 2.87. The maximum Gasteiger partial charge on any atom is 0.133 e. The first-order valence-electron chi connectivity index (χ1n) is 8.83. The van der Waals surface area contributed by atoms with Crippen LogP contribution in [0, 0.1) is 29.1 Å². The molecule has 4 saturated carbocycles. The van der Waals surface area contributed by atoms with Gasteiger partial charge in [-0.25, -0.2) is 0 Å². The number of nitrogens with two attached hydrogens (primary N) is 1. The molecule has 6 atom stereocenters. The molecule has 0 aromatic carbocycles. The molecule has 0 heterocycles. The van der Waals surface area contributed by atoms with Crippen molar-refractivity contribution < 1.29 is 4.79 Å². The van der Waals surface area contributed by atoms with Crippen LogP contribution < -0.4 is 5.73 Å². The molecule has 0 aliphatic heterocycles. The van der Waals surface area contributed by atoms with Crippen LogP contribution in [0.5, 0.6) is 0 Å². The van der Waals surface area contributed by atoms with E-state index in [-0.39, 0.29) is 5.54 Å². The molecule has 2 heteroatoms. The molecule has 4 fully saturated rings. The van der Waals surface area contributed by atoms with Gasteiger partial charge in [-0.2, -0.15) is 0 Å². The zero-order valence-electron chi connectivity index (χ0n) is 12.9. The van der Waals surface area contributed by atoms with E-state index >= 15 is 0 Å². The van der Waals surface area contributed by atoms with Crippen molar-refractivity contribution >= 4 is 5.78 Å². The third-order valence-electron chi connectivity index (χ3n) is 7.89. The molecule has 4 aliphatic carbocycles. The lowest BCUT2D eigenvalue weighted by atomic mass is 9.46. The van der Waals surface area contributed by atoms with Gasteiger partial charge in [-0.05, 0) is 74.0 Å². The van der Waals surface area contributed by atoms with Crippen molar-refractivity contribution in [3.63, 3.8) is 0 Å². The van der Waals surface area contributed by atoms with E-state index in [1.54, 1.807) is 0 Å². The predicted octanol–water partition coefficient (Wildman–Crippen LogP) is 3.68. The third kappa shape index (κ3) is 1.70. The molecule has 112 valence electrons. The van der Waals surface area contributed by atoms with Gasteiger partial charge in [0.1, 0.15) is 5.78 Å². The van der Waals surface area contributed by atoms with Crippen molar-refractivity contribution in [3.8, 4) is 0 Å². The van der Waals surface area contributed by atoms with Gasteiger partial charge in [-0.3, -0.25) is 4.79 Å². The number of ketones is 1. The van der Waals surface area contributed by atoms with Crippen LogP contribution in [0.3, 0.4) is 0 Å². The van der Waals surface area contributed by atoms with E-state index in [2.05, 4.69) is 6.92 Å². The van der Waals surface area contributed by atoms with E-state index in [9.17, 15) is 4.79 Å². The molecular formula is C18H29NO. The van der Waals surface area contributed by atoms with Crippen LogP contribution in [-0.2, 0) is 4.79 Å². The summed E-state index contributed by atoms with van der Waals surface area (Å²) in [6.45, 7) is 2.51. The average molecular weight is 275 g/mol. The SMILES string of the molecule is C[C@]12CCC(=O)CC1CC[C@H]1[C@@H]3CCC[C@@]3(N)CC[C@@H]12. The Bertz CT molecular complexity index is 433. The third-order valence-corrected chi connectivity index (χ3v) is 7.89. The minimum atomic E-state index is 0.175. The maximum absolute atomic E-state index is 11.8. The lowest BCUT2D eigenvalue weighted by molar-refractivity contribution is -0.135. The Morgan fingerprint density at radius 1 is 1.05 bits per heavy atom. The summed E-state index contributed by atoms with van der Waals surface area (Å²) < 4.78 is 0. The van der Waals surface area contributed by atoms with E-state index in [1.807, 2.05) is 0 Å². The molecule has 2 N–H and O–H groups in total.